The summed E-state index contributed by atoms with van der Waals surface area (Å²) in [4.78, 5) is 0. The fraction of sp³-hybridized carbons (Fsp3) is 0.300. The highest BCUT2D eigenvalue weighted by Crippen LogP contribution is 2.35. The molecule has 1 aromatic rings. The molecule has 0 saturated carbocycles. The van der Waals surface area contributed by atoms with Crippen molar-refractivity contribution in [1.82, 2.24) is 0 Å². The maximum Gasteiger partial charge on any atom is 0.395 e. The number of hydrogen-bond acceptors (Lipinski definition) is 0. The molecule has 0 spiro atoms. The lowest BCUT2D eigenvalue weighted by molar-refractivity contribution is -0.140. The lowest BCUT2D eigenvalue weighted by Crippen LogP contribution is -2.18. The fourth-order valence-corrected chi connectivity index (χ4v) is 1.78. The molecule has 0 heterocycles. The number of rotatable bonds is 1. The summed E-state index contributed by atoms with van der Waals surface area (Å²) < 4.78 is 37.6. The quantitative estimate of drug-likeness (QED) is 0.713. The molecule has 0 bridgehead atoms. The van der Waals surface area contributed by atoms with E-state index in [1.54, 1.807) is 13.0 Å². The van der Waals surface area contributed by atoms with Crippen molar-refractivity contribution in [3.05, 3.63) is 40.7 Å². The Morgan fingerprint density at radius 2 is 1.86 bits per heavy atom. The van der Waals surface area contributed by atoms with E-state index >= 15 is 0 Å². The number of hydrogen-bond donors (Lipinski definition) is 0. The van der Waals surface area contributed by atoms with E-state index in [4.69, 9.17) is 0 Å². The van der Waals surface area contributed by atoms with Crippen molar-refractivity contribution >= 4 is 15.9 Å². The smallest absolute Gasteiger partial charge is 0.170 e. The highest BCUT2D eigenvalue weighted by molar-refractivity contribution is 9.10. The van der Waals surface area contributed by atoms with Crippen LogP contribution in [0, 0.1) is 13.8 Å². The second kappa shape index (κ2) is 3.93. The highest BCUT2D eigenvalue weighted by atomic mass is 79.9. The Labute approximate surface area is 89.3 Å². The maximum absolute atomic E-state index is 12.3. The molecular weight excluding hydrogens is 257 g/mol. The summed E-state index contributed by atoms with van der Waals surface area (Å²) in [7, 11) is 0. The van der Waals surface area contributed by atoms with Gasteiger partial charge in [0.15, 0.2) is 0 Å². The van der Waals surface area contributed by atoms with Crippen molar-refractivity contribution in [3.63, 3.8) is 0 Å². The molecule has 0 aliphatic rings. The standard InChI is InChI=1S/C10H9BrF3/c1-6-3-8(5-9(11)4-6)7(2)10(12,13)14/h3-5,7H,2H2,1H3. The average Bonchev–Trinajstić information content (AvgIpc) is 1.99. The first-order valence-electron chi connectivity index (χ1n) is 3.97. The summed E-state index contributed by atoms with van der Waals surface area (Å²) in [6.07, 6.45) is -4.28. The van der Waals surface area contributed by atoms with E-state index in [1.165, 1.54) is 12.1 Å². The number of aryl methyl sites for hydroxylation is 1. The van der Waals surface area contributed by atoms with Crippen molar-refractivity contribution in [3.8, 4) is 0 Å². The summed E-state index contributed by atoms with van der Waals surface area (Å²) >= 11 is 3.15. The van der Waals surface area contributed by atoms with Gasteiger partial charge < -0.3 is 0 Å². The molecule has 0 aromatic heterocycles. The summed E-state index contributed by atoms with van der Waals surface area (Å²) in [6, 6.07) is 4.70. The van der Waals surface area contributed by atoms with E-state index in [0.717, 1.165) is 5.56 Å². The van der Waals surface area contributed by atoms with Gasteiger partial charge in [-0.25, -0.2) is 0 Å². The third-order valence-electron chi connectivity index (χ3n) is 1.86. The molecule has 1 aromatic carbocycles. The van der Waals surface area contributed by atoms with Gasteiger partial charge in [-0.3, -0.25) is 0 Å². The van der Waals surface area contributed by atoms with Crippen molar-refractivity contribution in [2.45, 2.75) is 19.0 Å². The first-order chi connectivity index (χ1) is 6.30. The van der Waals surface area contributed by atoms with Crippen LogP contribution in [0.2, 0.25) is 0 Å². The van der Waals surface area contributed by atoms with E-state index in [-0.39, 0.29) is 5.56 Å². The van der Waals surface area contributed by atoms with Crippen LogP contribution in [-0.4, -0.2) is 6.18 Å². The molecule has 1 atom stereocenters. The normalized spacial score (nSPS) is 14.1. The average molecular weight is 266 g/mol. The topological polar surface area (TPSA) is 0 Å². The van der Waals surface area contributed by atoms with E-state index in [2.05, 4.69) is 22.9 Å². The Morgan fingerprint density at radius 1 is 1.29 bits per heavy atom. The Morgan fingerprint density at radius 3 is 2.29 bits per heavy atom. The van der Waals surface area contributed by atoms with Gasteiger partial charge in [-0.15, -0.1) is 0 Å². The van der Waals surface area contributed by atoms with Gasteiger partial charge in [-0.05, 0) is 37.1 Å². The molecule has 0 fully saturated rings. The minimum atomic E-state index is -4.28. The molecule has 0 aliphatic carbocycles. The first-order valence-corrected chi connectivity index (χ1v) is 4.77. The lowest BCUT2D eigenvalue weighted by Gasteiger charge is -2.16. The van der Waals surface area contributed by atoms with E-state index < -0.39 is 12.1 Å². The summed E-state index contributed by atoms with van der Waals surface area (Å²) in [5, 5.41) is 0. The van der Waals surface area contributed by atoms with Gasteiger partial charge in [0.25, 0.3) is 0 Å². The van der Waals surface area contributed by atoms with Crippen LogP contribution in [0.4, 0.5) is 13.2 Å². The van der Waals surface area contributed by atoms with Crippen LogP contribution in [0.5, 0.6) is 0 Å². The third-order valence-corrected chi connectivity index (χ3v) is 2.32. The van der Waals surface area contributed by atoms with Crippen LogP contribution >= 0.6 is 15.9 Å². The zero-order valence-electron chi connectivity index (χ0n) is 7.53. The minimum absolute atomic E-state index is 0.185. The third kappa shape index (κ3) is 2.74. The van der Waals surface area contributed by atoms with E-state index in [1.807, 2.05) is 0 Å². The summed E-state index contributed by atoms with van der Waals surface area (Å²) in [5.41, 5.74) is 0.969. The van der Waals surface area contributed by atoms with E-state index in [9.17, 15) is 13.2 Å². The van der Waals surface area contributed by atoms with Crippen molar-refractivity contribution in [2.24, 2.45) is 0 Å². The van der Waals surface area contributed by atoms with Crippen molar-refractivity contribution in [2.75, 3.05) is 0 Å². The van der Waals surface area contributed by atoms with Gasteiger partial charge in [0.1, 0.15) is 0 Å². The predicted molar refractivity (Wildman–Crippen MR) is 53.0 cm³/mol. The molecule has 14 heavy (non-hydrogen) atoms. The number of benzene rings is 1. The molecule has 1 rings (SSSR count). The molecule has 0 amide bonds. The molecule has 0 N–H and O–H groups in total. The molecule has 77 valence electrons. The summed E-state index contributed by atoms with van der Waals surface area (Å²) in [5.74, 6) is -1.67. The Balaban J connectivity index is 3.07. The van der Waals surface area contributed by atoms with Crippen molar-refractivity contribution < 1.29 is 13.2 Å². The van der Waals surface area contributed by atoms with Crippen LogP contribution in [-0.2, 0) is 0 Å². The van der Waals surface area contributed by atoms with Crippen molar-refractivity contribution in [1.29, 1.82) is 0 Å². The lowest BCUT2D eigenvalue weighted by atomic mass is 9.99. The Kier molecular flexibility index (Phi) is 3.24. The van der Waals surface area contributed by atoms with Crippen LogP contribution in [0.1, 0.15) is 17.0 Å². The molecule has 4 heteroatoms. The largest absolute Gasteiger partial charge is 0.395 e. The molecular formula is C10H9BrF3. The van der Waals surface area contributed by atoms with Crippen LogP contribution in [0.15, 0.2) is 22.7 Å². The van der Waals surface area contributed by atoms with Gasteiger partial charge in [0, 0.05) is 4.47 Å². The molecule has 1 radical (unpaired) electrons. The van der Waals surface area contributed by atoms with Gasteiger partial charge in [0.05, 0.1) is 5.92 Å². The Bertz CT molecular complexity index is 310. The summed E-state index contributed by atoms with van der Waals surface area (Å²) in [6.45, 7) is 4.86. The molecule has 0 saturated heterocycles. The Hall–Kier alpha value is -0.510. The first kappa shape index (κ1) is 11.6. The highest BCUT2D eigenvalue weighted by Gasteiger charge is 2.37. The molecule has 0 nitrogen and oxygen atoms in total. The van der Waals surface area contributed by atoms with Crippen LogP contribution in [0.25, 0.3) is 0 Å². The van der Waals surface area contributed by atoms with Crippen LogP contribution in [0.3, 0.4) is 0 Å². The zero-order valence-corrected chi connectivity index (χ0v) is 9.11. The molecule has 1 unspecified atom stereocenters. The minimum Gasteiger partial charge on any atom is -0.170 e. The van der Waals surface area contributed by atoms with Gasteiger partial charge in [-0.1, -0.05) is 22.0 Å². The number of alkyl halides is 3. The maximum atomic E-state index is 12.3. The monoisotopic (exact) mass is 265 g/mol. The zero-order chi connectivity index (χ0) is 10.9. The second-order valence-corrected chi connectivity index (χ2v) is 4.07. The van der Waals surface area contributed by atoms with Gasteiger partial charge in [0.2, 0.25) is 0 Å². The SMILES string of the molecule is [CH2]C(c1cc(C)cc(Br)c1)C(F)(F)F. The van der Waals surface area contributed by atoms with E-state index in [0.29, 0.717) is 4.47 Å². The van der Waals surface area contributed by atoms with Gasteiger partial charge in [-0.2, -0.15) is 13.2 Å². The predicted octanol–water partition coefficient (Wildman–Crippen LogP) is 4.24. The van der Waals surface area contributed by atoms with Gasteiger partial charge >= 0.3 is 6.18 Å². The number of halogens is 4. The molecule has 0 aliphatic heterocycles. The van der Waals surface area contributed by atoms with Crippen LogP contribution < -0.4 is 0 Å². The second-order valence-electron chi connectivity index (χ2n) is 3.16. The fourth-order valence-electron chi connectivity index (χ4n) is 1.15.